The summed E-state index contributed by atoms with van der Waals surface area (Å²) >= 11 is 7.65. The largest absolute Gasteiger partial charge is 0.493 e. The van der Waals surface area contributed by atoms with Crippen molar-refractivity contribution in [2.24, 2.45) is 0 Å². The van der Waals surface area contributed by atoms with Crippen molar-refractivity contribution in [3.63, 3.8) is 0 Å². The Balaban J connectivity index is 1.52. The van der Waals surface area contributed by atoms with Crippen LogP contribution in [0.3, 0.4) is 0 Å². The Morgan fingerprint density at radius 2 is 1.70 bits per heavy atom. The van der Waals surface area contributed by atoms with Crippen molar-refractivity contribution in [1.29, 1.82) is 0 Å². The molecule has 0 saturated carbocycles. The Labute approximate surface area is 245 Å². The fraction of sp³-hybridized carbons (Fsp3) is 0.387. The van der Waals surface area contributed by atoms with Crippen LogP contribution in [0.5, 0.6) is 11.5 Å². The van der Waals surface area contributed by atoms with E-state index in [-0.39, 0.29) is 18.8 Å². The summed E-state index contributed by atoms with van der Waals surface area (Å²) in [6.45, 7) is 7.01. The molecule has 0 radical (unpaired) electrons. The molecule has 2 atom stereocenters. The molecule has 4 rings (SSSR count). The number of amides is 2. The lowest BCUT2D eigenvalue weighted by Crippen LogP contribution is -2.34. The van der Waals surface area contributed by atoms with Gasteiger partial charge in [-0.2, -0.15) is 0 Å². The van der Waals surface area contributed by atoms with E-state index in [0.717, 1.165) is 28.9 Å². The number of urea groups is 1. The number of carbonyl (C=O) groups is 1. The van der Waals surface area contributed by atoms with Crippen LogP contribution in [0.4, 0.5) is 4.79 Å². The van der Waals surface area contributed by atoms with Crippen LogP contribution in [0.15, 0.2) is 53.4 Å². The van der Waals surface area contributed by atoms with Gasteiger partial charge in [0.1, 0.15) is 0 Å². The predicted molar refractivity (Wildman–Crippen MR) is 159 cm³/mol. The summed E-state index contributed by atoms with van der Waals surface area (Å²) in [5.74, 6) is 1.84. The van der Waals surface area contributed by atoms with Crippen LogP contribution in [0.2, 0.25) is 5.02 Å². The smallest absolute Gasteiger partial charge is 0.341 e. The number of methoxy groups -OCH3 is 1. The van der Waals surface area contributed by atoms with Gasteiger partial charge in [0.2, 0.25) is 0 Å². The number of ether oxygens (including phenoxy) is 3. The summed E-state index contributed by atoms with van der Waals surface area (Å²) in [6.07, 6.45) is 1.67. The van der Waals surface area contributed by atoms with E-state index in [1.165, 1.54) is 29.3 Å². The highest BCUT2D eigenvalue weighted by molar-refractivity contribution is 7.99. The van der Waals surface area contributed by atoms with E-state index in [4.69, 9.17) is 25.8 Å². The zero-order chi connectivity index (χ0) is 28.8. The van der Waals surface area contributed by atoms with Crippen LogP contribution >= 0.6 is 23.4 Å². The first kappa shape index (κ1) is 30.1. The standard InChI is InChI=1S/C31H37ClN2O5S/c1-19-14-22(15-20(2)21(19)3)27-10-11-28(39-27)23-16-24(18-33-31(35)34(4)36)30(29(17-23)37-5)38-12-13-40-26-8-6-25(32)7-9-26/h6-9,14-17,27-28,36H,10-13,18H2,1-5H3,(H,33,35)/t27-,28+/m1/s1. The van der Waals surface area contributed by atoms with E-state index in [9.17, 15) is 10.0 Å². The number of hydrogen-bond acceptors (Lipinski definition) is 6. The van der Waals surface area contributed by atoms with Gasteiger partial charge in [-0.25, -0.2) is 9.86 Å². The molecule has 7 nitrogen and oxygen atoms in total. The van der Waals surface area contributed by atoms with Crippen LogP contribution < -0.4 is 14.8 Å². The van der Waals surface area contributed by atoms with Crippen LogP contribution in [0.1, 0.15) is 58.4 Å². The predicted octanol–water partition coefficient (Wildman–Crippen LogP) is 7.57. The van der Waals surface area contributed by atoms with E-state index >= 15 is 0 Å². The van der Waals surface area contributed by atoms with Gasteiger partial charge in [-0.05, 0) is 97.8 Å². The third-order valence-corrected chi connectivity index (χ3v) is 8.45. The molecule has 3 aromatic rings. The molecule has 9 heteroatoms. The molecule has 1 saturated heterocycles. The van der Waals surface area contributed by atoms with Crippen molar-refractivity contribution in [2.75, 3.05) is 26.5 Å². The molecule has 0 aromatic heterocycles. The Kier molecular flexibility index (Phi) is 10.2. The van der Waals surface area contributed by atoms with E-state index < -0.39 is 6.03 Å². The molecule has 0 unspecified atom stereocenters. The summed E-state index contributed by atoms with van der Waals surface area (Å²) < 4.78 is 18.5. The average molecular weight is 585 g/mol. The number of hydrogen-bond donors (Lipinski definition) is 2. The molecule has 3 aromatic carbocycles. The molecular formula is C31H37ClN2O5S. The maximum Gasteiger partial charge on any atom is 0.341 e. The zero-order valence-corrected chi connectivity index (χ0v) is 25.2. The van der Waals surface area contributed by atoms with Gasteiger partial charge >= 0.3 is 6.03 Å². The number of aryl methyl sites for hydroxylation is 2. The second-order valence-corrected chi connectivity index (χ2v) is 11.6. The lowest BCUT2D eigenvalue weighted by atomic mass is 9.96. The first-order valence-electron chi connectivity index (χ1n) is 13.3. The van der Waals surface area contributed by atoms with E-state index in [1.54, 1.807) is 18.9 Å². The van der Waals surface area contributed by atoms with Gasteiger partial charge < -0.3 is 19.5 Å². The third-order valence-electron chi connectivity index (χ3n) is 7.22. The minimum absolute atomic E-state index is 0.0148. The Bertz CT molecular complexity index is 1310. The highest BCUT2D eigenvalue weighted by atomic mass is 35.5. The first-order chi connectivity index (χ1) is 19.2. The number of thioether (sulfide) groups is 1. The van der Waals surface area contributed by atoms with Crippen molar-refractivity contribution in [3.8, 4) is 11.5 Å². The monoisotopic (exact) mass is 584 g/mol. The number of nitrogens with one attached hydrogen (secondary N) is 1. The maximum absolute atomic E-state index is 12.1. The van der Waals surface area contributed by atoms with Gasteiger partial charge in [0.25, 0.3) is 0 Å². The molecule has 0 bridgehead atoms. The molecule has 1 aliphatic rings. The topological polar surface area (TPSA) is 80.3 Å². The first-order valence-corrected chi connectivity index (χ1v) is 14.7. The minimum atomic E-state index is -0.615. The number of rotatable bonds is 10. The van der Waals surface area contributed by atoms with Crippen molar-refractivity contribution >= 4 is 29.4 Å². The molecule has 0 aliphatic carbocycles. The molecule has 2 amide bonds. The molecule has 0 spiro atoms. The second kappa shape index (κ2) is 13.6. The number of benzene rings is 3. The average Bonchev–Trinajstić information content (AvgIpc) is 3.44. The quantitative estimate of drug-likeness (QED) is 0.111. The van der Waals surface area contributed by atoms with Gasteiger partial charge in [-0.1, -0.05) is 23.7 Å². The third kappa shape index (κ3) is 7.43. The highest BCUT2D eigenvalue weighted by Gasteiger charge is 2.30. The van der Waals surface area contributed by atoms with Gasteiger partial charge in [0.15, 0.2) is 11.5 Å². The lowest BCUT2D eigenvalue weighted by Gasteiger charge is -2.21. The molecule has 214 valence electrons. The van der Waals surface area contributed by atoms with E-state index in [0.29, 0.717) is 33.9 Å². The molecule has 1 heterocycles. The second-order valence-electron chi connectivity index (χ2n) is 10.0. The summed E-state index contributed by atoms with van der Waals surface area (Å²) in [5.41, 5.74) is 6.76. The van der Waals surface area contributed by atoms with E-state index in [2.05, 4.69) is 38.2 Å². The van der Waals surface area contributed by atoms with Gasteiger partial charge in [-0.15, -0.1) is 11.8 Å². The van der Waals surface area contributed by atoms with Crippen molar-refractivity contribution in [2.45, 2.75) is 57.3 Å². The maximum atomic E-state index is 12.1. The van der Waals surface area contributed by atoms with Crippen molar-refractivity contribution in [1.82, 2.24) is 10.4 Å². The lowest BCUT2D eigenvalue weighted by molar-refractivity contribution is -0.0184. The number of nitrogens with zero attached hydrogens (tertiary/aromatic N) is 1. The number of hydroxylamine groups is 2. The van der Waals surface area contributed by atoms with E-state index in [1.807, 2.05) is 36.4 Å². The highest BCUT2D eigenvalue weighted by Crippen LogP contribution is 2.44. The van der Waals surface area contributed by atoms with Gasteiger partial charge in [0, 0.05) is 34.8 Å². The summed E-state index contributed by atoms with van der Waals surface area (Å²) in [6, 6.07) is 15.5. The Hall–Kier alpha value is -2.91. The van der Waals surface area contributed by atoms with Crippen molar-refractivity contribution in [3.05, 3.63) is 86.9 Å². The molecule has 2 N–H and O–H groups in total. The summed E-state index contributed by atoms with van der Waals surface area (Å²) in [7, 11) is 2.88. The van der Waals surface area contributed by atoms with Gasteiger partial charge in [0.05, 0.1) is 25.9 Å². The molecular weight excluding hydrogens is 548 g/mol. The van der Waals surface area contributed by atoms with Crippen LogP contribution in [-0.2, 0) is 11.3 Å². The van der Waals surface area contributed by atoms with Crippen LogP contribution in [-0.4, -0.2) is 42.8 Å². The van der Waals surface area contributed by atoms with Crippen molar-refractivity contribution < 1.29 is 24.2 Å². The summed E-state index contributed by atoms with van der Waals surface area (Å²) in [4.78, 5) is 13.2. The fourth-order valence-corrected chi connectivity index (χ4v) is 5.68. The normalized spacial score (nSPS) is 16.6. The van der Waals surface area contributed by atoms with Crippen LogP contribution in [0, 0.1) is 20.8 Å². The molecule has 1 fully saturated rings. The SMILES string of the molecule is COc1cc([C@@H]2CC[C@H](c3cc(C)c(C)c(C)c3)O2)cc(CNC(=O)N(C)O)c1OCCSc1ccc(Cl)cc1. The number of halogens is 1. The molecule has 40 heavy (non-hydrogen) atoms. The van der Waals surface area contributed by atoms with Gasteiger partial charge in [-0.3, -0.25) is 5.21 Å². The Morgan fingerprint density at radius 3 is 2.30 bits per heavy atom. The van der Waals surface area contributed by atoms with Crippen LogP contribution in [0.25, 0.3) is 0 Å². The fourth-order valence-electron chi connectivity index (χ4n) is 4.82. The molecule has 1 aliphatic heterocycles. The summed E-state index contributed by atoms with van der Waals surface area (Å²) in [5, 5.41) is 13.5. The minimum Gasteiger partial charge on any atom is -0.493 e. The zero-order valence-electron chi connectivity index (χ0n) is 23.6. The Morgan fingerprint density at radius 1 is 1.07 bits per heavy atom. The number of carbonyl (C=O) groups excluding carboxylic acids is 1.